The average molecular weight is 606 g/mol. The Labute approximate surface area is 264 Å². The van der Waals surface area contributed by atoms with Gasteiger partial charge in [-0.3, -0.25) is 0 Å². The molecule has 9 atom stereocenters. The zero-order valence-corrected chi connectivity index (χ0v) is 28.9. The fraction of sp³-hybridized carbons (Fsp3) is 0.972. The van der Waals surface area contributed by atoms with Crippen LogP contribution >= 0.6 is 0 Å². The summed E-state index contributed by atoms with van der Waals surface area (Å²) in [6.45, 7) is 14.1. The van der Waals surface area contributed by atoms with Crippen LogP contribution in [-0.4, -0.2) is 88.8 Å². The molecule has 250 valence electrons. The molecule has 4 fully saturated rings. The predicted molar refractivity (Wildman–Crippen MR) is 177 cm³/mol. The van der Waals surface area contributed by atoms with Crippen LogP contribution in [0.3, 0.4) is 0 Å². The summed E-state index contributed by atoms with van der Waals surface area (Å²) in [6, 6.07) is 0. The molecule has 0 unspecified atom stereocenters. The lowest BCUT2D eigenvalue weighted by Crippen LogP contribution is -2.54. The molecule has 0 radical (unpaired) electrons. The first kappa shape index (κ1) is 35.0. The standard InChI is InChI=1S/C36H68N4O3/c1-27(26-43-34(42)39-23-9-21-37-19-7-8-20-38-22-10-24-40(4,5)6)31-13-14-32-30-12-11-28-25-29(41)15-17-35(28,2)33(30)16-18-36(31,32)3/h27-33,37-38,41H,7-26H2,1-6H3/p+1/t27-,28-,29-,30+,31-,32+,33+,35+,36-/m1/s1. The smallest absolute Gasteiger partial charge is 0.407 e. The minimum absolute atomic E-state index is 0.0651. The van der Waals surface area contributed by atoms with Gasteiger partial charge in [0.05, 0.1) is 40.4 Å². The first-order valence-corrected chi connectivity index (χ1v) is 18.2. The molecule has 7 nitrogen and oxygen atoms in total. The number of fused-ring (bicyclic) bond motifs is 5. The lowest BCUT2D eigenvalue weighted by Gasteiger charge is -2.61. The van der Waals surface area contributed by atoms with Crippen LogP contribution in [-0.2, 0) is 4.74 Å². The van der Waals surface area contributed by atoms with Crippen molar-refractivity contribution in [2.75, 3.05) is 67.0 Å². The van der Waals surface area contributed by atoms with Gasteiger partial charge in [-0.1, -0.05) is 20.8 Å². The molecule has 4 aliphatic carbocycles. The largest absolute Gasteiger partial charge is 0.449 e. The van der Waals surface area contributed by atoms with E-state index in [9.17, 15) is 9.90 Å². The van der Waals surface area contributed by atoms with Gasteiger partial charge in [0.1, 0.15) is 0 Å². The molecule has 0 spiro atoms. The Kier molecular flexibility index (Phi) is 12.7. The van der Waals surface area contributed by atoms with Crippen LogP contribution in [0.25, 0.3) is 0 Å². The van der Waals surface area contributed by atoms with E-state index in [1.54, 1.807) is 0 Å². The number of carbonyl (C=O) groups is 1. The van der Waals surface area contributed by atoms with Crippen LogP contribution in [0.2, 0.25) is 0 Å². The number of alkyl carbamates (subject to hydrolysis) is 1. The molecular formula is C36H69N4O3+. The van der Waals surface area contributed by atoms with E-state index in [-0.39, 0.29) is 12.2 Å². The second-order valence-electron chi connectivity index (χ2n) is 16.7. The normalized spacial score (nSPS) is 36.3. The Bertz CT molecular complexity index is 864. The van der Waals surface area contributed by atoms with Crippen molar-refractivity contribution in [3.8, 4) is 0 Å². The van der Waals surface area contributed by atoms with E-state index >= 15 is 0 Å². The molecular weight excluding hydrogens is 536 g/mol. The molecule has 43 heavy (non-hydrogen) atoms. The highest BCUT2D eigenvalue weighted by Crippen LogP contribution is 2.68. The number of nitrogens with one attached hydrogen (secondary N) is 3. The van der Waals surface area contributed by atoms with Gasteiger partial charge in [0.25, 0.3) is 0 Å². The molecule has 0 aromatic heterocycles. The van der Waals surface area contributed by atoms with Crippen molar-refractivity contribution in [3.63, 3.8) is 0 Å². The first-order valence-electron chi connectivity index (χ1n) is 18.2. The number of quaternary nitrogens is 1. The molecule has 7 heteroatoms. The van der Waals surface area contributed by atoms with Crippen molar-refractivity contribution in [3.05, 3.63) is 0 Å². The molecule has 0 aromatic carbocycles. The summed E-state index contributed by atoms with van der Waals surface area (Å²) < 4.78 is 6.80. The van der Waals surface area contributed by atoms with Crippen molar-refractivity contribution < 1.29 is 19.1 Å². The van der Waals surface area contributed by atoms with E-state index in [4.69, 9.17) is 4.74 Å². The van der Waals surface area contributed by atoms with E-state index in [1.165, 1.54) is 70.8 Å². The van der Waals surface area contributed by atoms with E-state index in [1.807, 2.05) is 0 Å². The van der Waals surface area contributed by atoms with Crippen molar-refractivity contribution in [1.82, 2.24) is 16.0 Å². The van der Waals surface area contributed by atoms with E-state index in [2.05, 4.69) is 57.9 Å². The summed E-state index contributed by atoms with van der Waals surface area (Å²) in [5.74, 6) is 4.28. The van der Waals surface area contributed by atoms with Gasteiger partial charge in [0, 0.05) is 19.5 Å². The Morgan fingerprint density at radius 2 is 1.49 bits per heavy atom. The molecule has 4 saturated carbocycles. The Morgan fingerprint density at radius 3 is 2.21 bits per heavy atom. The molecule has 1 amide bonds. The third-order valence-corrected chi connectivity index (χ3v) is 12.8. The fourth-order valence-electron chi connectivity index (χ4n) is 10.4. The van der Waals surface area contributed by atoms with Crippen LogP contribution in [0.1, 0.15) is 104 Å². The highest BCUT2D eigenvalue weighted by atomic mass is 16.5. The maximum Gasteiger partial charge on any atom is 0.407 e. The average Bonchev–Trinajstić information content (AvgIpc) is 3.31. The molecule has 0 bridgehead atoms. The van der Waals surface area contributed by atoms with E-state index in [0.717, 1.165) is 73.6 Å². The van der Waals surface area contributed by atoms with Gasteiger partial charge in [0.2, 0.25) is 0 Å². The molecule has 4 rings (SSSR count). The number of hydrogen-bond donors (Lipinski definition) is 4. The lowest BCUT2D eigenvalue weighted by molar-refractivity contribution is -0.870. The second kappa shape index (κ2) is 15.6. The number of carbonyl (C=O) groups excluding carboxylic acids is 1. The number of nitrogens with zero attached hydrogens (tertiary/aromatic N) is 1. The number of hydrogen-bond acceptors (Lipinski definition) is 5. The summed E-state index contributed by atoms with van der Waals surface area (Å²) in [7, 11) is 6.74. The highest BCUT2D eigenvalue weighted by Gasteiger charge is 2.60. The summed E-state index contributed by atoms with van der Waals surface area (Å²) >= 11 is 0. The Balaban J connectivity index is 1.06. The Hall–Kier alpha value is -0.890. The van der Waals surface area contributed by atoms with Crippen molar-refractivity contribution >= 4 is 6.09 Å². The maximum absolute atomic E-state index is 12.5. The number of rotatable bonds is 16. The van der Waals surface area contributed by atoms with Gasteiger partial charge in [-0.2, -0.15) is 0 Å². The van der Waals surface area contributed by atoms with Gasteiger partial charge < -0.3 is 30.3 Å². The highest BCUT2D eigenvalue weighted by molar-refractivity contribution is 5.67. The first-order chi connectivity index (χ1) is 20.4. The fourth-order valence-corrected chi connectivity index (χ4v) is 10.4. The van der Waals surface area contributed by atoms with E-state index in [0.29, 0.717) is 35.8 Å². The third-order valence-electron chi connectivity index (χ3n) is 12.8. The summed E-state index contributed by atoms with van der Waals surface area (Å²) in [5, 5.41) is 20.4. The predicted octanol–water partition coefficient (Wildman–Crippen LogP) is 5.81. The second-order valence-corrected chi connectivity index (χ2v) is 16.7. The quantitative estimate of drug-likeness (QED) is 0.132. The Morgan fingerprint density at radius 1 is 0.837 bits per heavy atom. The van der Waals surface area contributed by atoms with Gasteiger partial charge in [-0.25, -0.2) is 4.79 Å². The summed E-state index contributed by atoms with van der Waals surface area (Å²) in [5.41, 5.74) is 0.817. The minimum atomic E-state index is -0.252. The van der Waals surface area contributed by atoms with Gasteiger partial charge >= 0.3 is 6.09 Å². The number of unbranched alkanes of at least 4 members (excludes halogenated alkanes) is 1. The number of amides is 1. The number of ether oxygens (including phenoxy) is 1. The van der Waals surface area contributed by atoms with Gasteiger partial charge in [-0.15, -0.1) is 0 Å². The summed E-state index contributed by atoms with van der Waals surface area (Å²) in [4.78, 5) is 12.5. The zero-order valence-electron chi connectivity index (χ0n) is 28.9. The van der Waals surface area contributed by atoms with Crippen LogP contribution in [0.4, 0.5) is 4.79 Å². The van der Waals surface area contributed by atoms with Crippen LogP contribution in [0.15, 0.2) is 0 Å². The molecule has 0 aromatic rings. The maximum atomic E-state index is 12.5. The van der Waals surface area contributed by atoms with Gasteiger partial charge in [-0.05, 0) is 143 Å². The third kappa shape index (κ3) is 9.10. The zero-order chi connectivity index (χ0) is 31.1. The van der Waals surface area contributed by atoms with Crippen LogP contribution in [0.5, 0.6) is 0 Å². The van der Waals surface area contributed by atoms with Crippen molar-refractivity contribution in [2.24, 2.45) is 46.3 Å². The van der Waals surface area contributed by atoms with Crippen molar-refractivity contribution in [1.29, 1.82) is 0 Å². The molecule has 0 heterocycles. The van der Waals surface area contributed by atoms with Crippen molar-refractivity contribution in [2.45, 2.75) is 110 Å². The van der Waals surface area contributed by atoms with Crippen LogP contribution < -0.4 is 16.0 Å². The molecule has 0 aliphatic heterocycles. The van der Waals surface area contributed by atoms with Gasteiger partial charge in [0.15, 0.2) is 0 Å². The van der Waals surface area contributed by atoms with Crippen LogP contribution in [0, 0.1) is 46.3 Å². The molecule has 4 N–H and O–H groups in total. The SMILES string of the molecule is C[C@H](COC(=O)NCCCNCCCCNCCC[N+](C)(C)C)[C@H]1CC[C@H]2[C@@H]3CC[C@@H]4C[C@H](O)CC[C@]4(C)[C@H]3CC[C@]12C. The topological polar surface area (TPSA) is 82.6 Å². The lowest BCUT2D eigenvalue weighted by atomic mass is 9.44. The minimum Gasteiger partial charge on any atom is -0.449 e. The number of aliphatic hydroxyl groups is 1. The van der Waals surface area contributed by atoms with E-state index < -0.39 is 0 Å². The number of aliphatic hydroxyl groups excluding tert-OH is 1. The molecule has 0 saturated heterocycles. The molecule has 4 aliphatic rings. The summed E-state index contributed by atoms with van der Waals surface area (Å²) in [6.07, 6.45) is 15.5. The monoisotopic (exact) mass is 606 g/mol.